The molecule has 1 heterocycles. The molecule has 7 nitrogen and oxygen atoms in total. The summed E-state index contributed by atoms with van der Waals surface area (Å²) in [7, 11) is 0. The minimum atomic E-state index is -4.53. The van der Waals surface area contributed by atoms with E-state index < -0.39 is 29.7 Å². The third-order valence-electron chi connectivity index (χ3n) is 5.58. The number of thioether (sulfide) groups is 1. The number of carboxylic acids is 1. The summed E-state index contributed by atoms with van der Waals surface area (Å²) in [6.07, 6.45) is -4.53. The van der Waals surface area contributed by atoms with E-state index in [9.17, 15) is 27.9 Å². The molecule has 1 amide bonds. The molecule has 39 heavy (non-hydrogen) atoms. The van der Waals surface area contributed by atoms with Crippen LogP contribution in [0, 0.1) is 11.3 Å². The lowest BCUT2D eigenvalue weighted by Crippen LogP contribution is -2.42. The Labute approximate surface area is 225 Å². The third-order valence-corrected chi connectivity index (χ3v) is 6.68. The van der Waals surface area contributed by atoms with Gasteiger partial charge in [-0.3, -0.25) is 4.79 Å². The number of carbonyl (C=O) groups excluding carboxylic acids is 1. The van der Waals surface area contributed by atoms with Gasteiger partial charge in [-0.15, -0.1) is 0 Å². The predicted octanol–water partition coefficient (Wildman–Crippen LogP) is 6.02. The second-order valence-corrected chi connectivity index (χ2v) is 9.36. The number of nitrogens with one attached hydrogen (secondary N) is 1. The summed E-state index contributed by atoms with van der Waals surface area (Å²) in [5.41, 5.74) is 0.807. The Bertz CT molecular complexity index is 1500. The number of carbonyl (C=O) groups is 2. The van der Waals surface area contributed by atoms with Gasteiger partial charge in [0, 0.05) is 22.6 Å². The molecule has 2 N–H and O–H groups in total. The van der Waals surface area contributed by atoms with Crippen molar-refractivity contribution >= 4 is 23.6 Å². The molecule has 0 aliphatic rings. The molecule has 0 spiro atoms. The zero-order valence-electron chi connectivity index (χ0n) is 20.1. The number of nitrogens with zero attached hydrogens (tertiary/aromatic N) is 2. The number of hydrogen-bond acceptors (Lipinski definition) is 6. The van der Waals surface area contributed by atoms with Gasteiger partial charge in [-0.1, -0.05) is 30.3 Å². The van der Waals surface area contributed by atoms with E-state index >= 15 is 0 Å². The van der Waals surface area contributed by atoms with Gasteiger partial charge in [0.15, 0.2) is 11.5 Å². The van der Waals surface area contributed by atoms with E-state index in [-0.39, 0.29) is 28.7 Å². The SMILES string of the molecule is N#Cc1ccc(-c2oc(-c3ccc(C(F)(F)F)cc3)nc2C(=O)N[C@@H](CSCc2ccccc2)C(=O)O)cc1. The normalized spacial score (nSPS) is 11.9. The van der Waals surface area contributed by atoms with E-state index in [1.807, 2.05) is 36.4 Å². The van der Waals surface area contributed by atoms with Crippen LogP contribution in [0.15, 0.2) is 83.3 Å². The Morgan fingerprint density at radius 2 is 1.64 bits per heavy atom. The molecule has 3 aromatic carbocycles. The highest BCUT2D eigenvalue weighted by molar-refractivity contribution is 7.98. The van der Waals surface area contributed by atoms with Crippen LogP contribution in [0.4, 0.5) is 13.2 Å². The van der Waals surface area contributed by atoms with Crippen molar-refractivity contribution in [1.29, 1.82) is 5.26 Å². The highest BCUT2D eigenvalue weighted by Gasteiger charge is 2.31. The maximum atomic E-state index is 13.2. The van der Waals surface area contributed by atoms with Crippen LogP contribution < -0.4 is 5.32 Å². The smallest absolute Gasteiger partial charge is 0.416 e. The number of carboxylic acid groups (broad SMARTS) is 1. The summed E-state index contributed by atoms with van der Waals surface area (Å²) in [6, 6.07) is 20.3. The maximum absolute atomic E-state index is 13.2. The molecule has 1 aromatic heterocycles. The highest BCUT2D eigenvalue weighted by Crippen LogP contribution is 2.33. The van der Waals surface area contributed by atoms with E-state index in [4.69, 9.17) is 9.68 Å². The molecule has 11 heteroatoms. The van der Waals surface area contributed by atoms with Crippen molar-refractivity contribution in [2.24, 2.45) is 0 Å². The average molecular weight is 552 g/mol. The fourth-order valence-electron chi connectivity index (χ4n) is 3.56. The van der Waals surface area contributed by atoms with Gasteiger partial charge in [-0.2, -0.15) is 30.2 Å². The monoisotopic (exact) mass is 551 g/mol. The molecule has 198 valence electrons. The Morgan fingerprint density at radius 1 is 1.00 bits per heavy atom. The topological polar surface area (TPSA) is 116 Å². The summed E-state index contributed by atoms with van der Waals surface area (Å²) in [4.78, 5) is 29.3. The molecule has 0 saturated carbocycles. The van der Waals surface area contributed by atoms with E-state index in [1.165, 1.54) is 48.2 Å². The summed E-state index contributed by atoms with van der Waals surface area (Å²) in [5, 5.41) is 21.2. The summed E-state index contributed by atoms with van der Waals surface area (Å²) in [6.45, 7) is 0. The van der Waals surface area contributed by atoms with Crippen LogP contribution in [0.1, 0.15) is 27.2 Å². The van der Waals surface area contributed by atoms with Crippen molar-refractivity contribution in [1.82, 2.24) is 10.3 Å². The number of oxazole rings is 1. The predicted molar refractivity (Wildman–Crippen MR) is 139 cm³/mol. The first-order valence-electron chi connectivity index (χ1n) is 11.5. The summed E-state index contributed by atoms with van der Waals surface area (Å²) >= 11 is 1.33. The first kappa shape index (κ1) is 27.5. The van der Waals surface area contributed by atoms with Crippen LogP contribution in [0.3, 0.4) is 0 Å². The molecule has 0 bridgehead atoms. The number of hydrogen-bond donors (Lipinski definition) is 2. The first-order valence-corrected chi connectivity index (χ1v) is 12.7. The van der Waals surface area contributed by atoms with Crippen LogP contribution in [0.5, 0.6) is 0 Å². The number of nitriles is 1. The molecule has 1 atom stereocenters. The van der Waals surface area contributed by atoms with Crippen molar-refractivity contribution in [3.63, 3.8) is 0 Å². The van der Waals surface area contributed by atoms with E-state index in [0.717, 1.165) is 17.7 Å². The van der Waals surface area contributed by atoms with Crippen LogP contribution >= 0.6 is 11.8 Å². The standard InChI is InChI=1S/C28H20F3N3O4S/c29-28(30,31)21-12-10-20(11-13-21)26-34-23(24(38-26)19-8-6-17(14-32)7-9-19)25(35)33-22(27(36)37)16-39-15-18-4-2-1-3-5-18/h1-13,22H,15-16H2,(H,33,35)(H,36,37)/t22-/m0/s1. The largest absolute Gasteiger partial charge is 0.480 e. The quantitative estimate of drug-likeness (QED) is 0.261. The third kappa shape index (κ3) is 6.86. The lowest BCUT2D eigenvalue weighted by atomic mass is 10.1. The summed E-state index contributed by atoms with van der Waals surface area (Å²) < 4.78 is 44.8. The van der Waals surface area contributed by atoms with Gasteiger partial charge >= 0.3 is 12.1 Å². The Kier molecular flexibility index (Phi) is 8.36. The molecule has 0 fully saturated rings. The Morgan fingerprint density at radius 3 is 2.23 bits per heavy atom. The van der Waals surface area contributed by atoms with Crippen LogP contribution in [-0.4, -0.2) is 33.8 Å². The molecular formula is C28H20F3N3O4S. The number of aromatic nitrogens is 1. The summed E-state index contributed by atoms with van der Waals surface area (Å²) in [5.74, 6) is -1.60. The van der Waals surface area contributed by atoms with Gasteiger partial charge in [0.25, 0.3) is 5.91 Å². The van der Waals surface area contributed by atoms with E-state index in [0.29, 0.717) is 16.9 Å². The fraction of sp³-hybridized carbons (Fsp3) is 0.143. The molecule has 0 saturated heterocycles. The highest BCUT2D eigenvalue weighted by atomic mass is 32.2. The first-order chi connectivity index (χ1) is 18.7. The lowest BCUT2D eigenvalue weighted by molar-refractivity contribution is -0.139. The van der Waals surface area contributed by atoms with Crippen LogP contribution in [0.2, 0.25) is 0 Å². The molecule has 4 aromatic rings. The molecule has 0 radical (unpaired) electrons. The zero-order valence-corrected chi connectivity index (χ0v) is 20.9. The minimum Gasteiger partial charge on any atom is -0.480 e. The number of alkyl halides is 3. The van der Waals surface area contributed by atoms with Crippen LogP contribution in [-0.2, 0) is 16.7 Å². The van der Waals surface area contributed by atoms with Gasteiger partial charge < -0.3 is 14.8 Å². The molecule has 0 aliphatic heterocycles. The number of amides is 1. The molecule has 0 unspecified atom stereocenters. The second kappa shape index (κ2) is 11.9. The average Bonchev–Trinajstić information content (AvgIpc) is 3.38. The van der Waals surface area contributed by atoms with Crippen molar-refractivity contribution in [3.05, 3.63) is 101 Å². The van der Waals surface area contributed by atoms with Gasteiger partial charge in [0.2, 0.25) is 5.89 Å². The van der Waals surface area contributed by atoms with E-state index in [2.05, 4.69) is 10.3 Å². The second-order valence-electron chi connectivity index (χ2n) is 8.33. The number of halogens is 3. The van der Waals surface area contributed by atoms with Crippen molar-refractivity contribution < 1.29 is 32.3 Å². The van der Waals surface area contributed by atoms with Crippen molar-refractivity contribution in [2.45, 2.75) is 18.0 Å². The number of rotatable bonds is 9. The van der Waals surface area contributed by atoms with Gasteiger partial charge in [-0.05, 0) is 54.1 Å². The van der Waals surface area contributed by atoms with Crippen molar-refractivity contribution in [3.8, 4) is 28.8 Å². The zero-order chi connectivity index (χ0) is 28.0. The Hall–Kier alpha value is -4.56. The van der Waals surface area contributed by atoms with Gasteiger partial charge in [-0.25, -0.2) is 9.78 Å². The number of benzene rings is 3. The van der Waals surface area contributed by atoms with Crippen LogP contribution in [0.25, 0.3) is 22.8 Å². The maximum Gasteiger partial charge on any atom is 0.416 e. The molecular weight excluding hydrogens is 531 g/mol. The minimum absolute atomic E-state index is 0.0204. The molecule has 0 aliphatic carbocycles. The van der Waals surface area contributed by atoms with Crippen molar-refractivity contribution in [2.75, 3.05) is 5.75 Å². The lowest BCUT2D eigenvalue weighted by Gasteiger charge is -2.14. The fourth-order valence-corrected chi connectivity index (χ4v) is 4.57. The molecule has 4 rings (SSSR count). The van der Waals surface area contributed by atoms with Gasteiger partial charge in [0.1, 0.15) is 6.04 Å². The van der Waals surface area contributed by atoms with Gasteiger partial charge in [0.05, 0.1) is 17.2 Å². The number of aliphatic carboxylic acids is 1. The van der Waals surface area contributed by atoms with E-state index in [1.54, 1.807) is 0 Å². The Balaban J connectivity index is 1.61.